The Labute approximate surface area is 247 Å². The van der Waals surface area contributed by atoms with Gasteiger partial charge in [0.05, 0.1) is 26.4 Å². The van der Waals surface area contributed by atoms with Gasteiger partial charge in [0.15, 0.2) is 24.8 Å². The number of hydrogen-bond acceptors (Lipinski definition) is 4. The lowest BCUT2D eigenvalue weighted by Gasteiger charge is -2.15. The van der Waals surface area contributed by atoms with Crippen LogP contribution >= 0.6 is 0 Å². The molecule has 4 aromatic rings. The third kappa shape index (κ3) is 10.2. The van der Waals surface area contributed by atoms with E-state index in [0.29, 0.717) is 26.4 Å². The van der Waals surface area contributed by atoms with E-state index in [2.05, 4.69) is 34.9 Å². The van der Waals surface area contributed by atoms with Gasteiger partial charge in [-0.05, 0) is 36.1 Å². The van der Waals surface area contributed by atoms with E-state index in [-0.39, 0.29) is 37.0 Å². The van der Waals surface area contributed by atoms with Crippen molar-refractivity contribution in [3.63, 3.8) is 0 Å². The molecule has 2 aromatic heterocycles. The van der Waals surface area contributed by atoms with Gasteiger partial charge in [-0.15, -0.1) is 0 Å². The van der Waals surface area contributed by atoms with Gasteiger partial charge in [0, 0.05) is 36.3 Å². The van der Waals surface area contributed by atoms with E-state index < -0.39 is 0 Å². The van der Waals surface area contributed by atoms with Gasteiger partial charge >= 0.3 is 0 Å². The van der Waals surface area contributed by atoms with Crippen molar-refractivity contribution in [2.45, 2.75) is 39.0 Å². The standard InChI is InChI=1S/C34H38N4O4/c1-27(35-33(39)23-37-17-13-31(14-18-37)29-9-5-3-6-10-29)25-41-21-22-42-26-28(2)36-34(40)24-38-19-15-32(16-20-38)30-11-7-4-8-12-30/h3-20,27-28H,21-26H2,1-2H3/p+2. The molecule has 0 aliphatic rings. The maximum atomic E-state index is 12.4. The molecule has 2 N–H and O–H groups in total. The van der Waals surface area contributed by atoms with Crippen LogP contribution in [0.2, 0.25) is 0 Å². The molecule has 218 valence electrons. The fraction of sp³-hybridized carbons (Fsp3) is 0.294. The molecule has 2 atom stereocenters. The minimum atomic E-state index is -0.126. The Morgan fingerprint density at radius 2 is 0.905 bits per heavy atom. The third-order valence-corrected chi connectivity index (χ3v) is 6.57. The normalized spacial score (nSPS) is 12.3. The summed E-state index contributed by atoms with van der Waals surface area (Å²) in [5.41, 5.74) is 4.50. The molecule has 0 aliphatic carbocycles. The lowest BCUT2D eigenvalue weighted by atomic mass is 10.1. The van der Waals surface area contributed by atoms with Crippen LogP contribution in [0.4, 0.5) is 0 Å². The summed E-state index contributed by atoms with van der Waals surface area (Å²) in [6, 6.07) is 28.0. The molecule has 0 saturated carbocycles. The number of aromatic nitrogens is 2. The molecule has 2 unspecified atom stereocenters. The van der Waals surface area contributed by atoms with Crippen molar-refractivity contribution in [2.24, 2.45) is 0 Å². The molecule has 42 heavy (non-hydrogen) atoms. The maximum absolute atomic E-state index is 12.4. The van der Waals surface area contributed by atoms with Crippen LogP contribution in [0.1, 0.15) is 13.8 Å². The Bertz CT molecular complexity index is 1270. The van der Waals surface area contributed by atoms with Crippen molar-refractivity contribution in [3.05, 3.63) is 110 Å². The molecule has 4 rings (SSSR count). The molecule has 2 aromatic carbocycles. The summed E-state index contributed by atoms with van der Waals surface area (Å²) in [6.45, 7) is 5.88. The first-order chi connectivity index (χ1) is 20.5. The van der Waals surface area contributed by atoms with Crippen LogP contribution in [0, 0.1) is 0 Å². The first kappa shape index (κ1) is 30.6. The molecule has 8 heteroatoms. The number of nitrogens with one attached hydrogen (secondary N) is 2. The van der Waals surface area contributed by atoms with E-state index in [4.69, 9.17) is 9.47 Å². The average Bonchev–Trinajstić information content (AvgIpc) is 3.00. The van der Waals surface area contributed by atoms with Crippen LogP contribution < -0.4 is 19.8 Å². The smallest absolute Gasteiger partial charge is 0.286 e. The predicted octanol–water partition coefficient (Wildman–Crippen LogP) is 3.34. The van der Waals surface area contributed by atoms with Gasteiger partial charge in [0.2, 0.25) is 13.1 Å². The number of benzene rings is 2. The molecule has 8 nitrogen and oxygen atoms in total. The summed E-state index contributed by atoms with van der Waals surface area (Å²) >= 11 is 0. The molecule has 2 heterocycles. The van der Waals surface area contributed by atoms with Crippen molar-refractivity contribution >= 4 is 11.8 Å². The summed E-state index contributed by atoms with van der Waals surface area (Å²) in [6.07, 6.45) is 7.63. The van der Waals surface area contributed by atoms with Crippen LogP contribution in [0.5, 0.6) is 0 Å². The fourth-order valence-electron chi connectivity index (χ4n) is 4.47. The summed E-state index contributed by atoms with van der Waals surface area (Å²) in [4.78, 5) is 24.8. The molecule has 0 saturated heterocycles. The van der Waals surface area contributed by atoms with Crippen molar-refractivity contribution in [3.8, 4) is 22.3 Å². The lowest BCUT2D eigenvalue weighted by Crippen LogP contribution is -2.46. The minimum absolute atomic E-state index is 0.0744. The number of pyridine rings is 2. The van der Waals surface area contributed by atoms with Gasteiger partial charge < -0.3 is 20.1 Å². The highest BCUT2D eigenvalue weighted by Gasteiger charge is 2.14. The highest BCUT2D eigenvalue weighted by Crippen LogP contribution is 2.17. The quantitative estimate of drug-likeness (QED) is 0.170. The molecule has 0 spiro atoms. The number of hydrogen-bond donors (Lipinski definition) is 2. The first-order valence-electron chi connectivity index (χ1n) is 14.3. The molecule has 0 bridgehead atoms. The van der Waals surface area contributed by atoms with E-state index in [1.165, 1.54) is 0 Å². The minimum Gasteiger partial charge on any atom is -0.377 e. The zero-order valence-corrected chi connectivity index (χ0v) is 24.3. The second kappa shape index (κ2) is 16.1. The number of amides is 2. The Morgan fingerprint density at radius 3 is 1.26 bits per heavy atom. The molecule has 0 fully saturated rings. The molecular weight excluding hydrogens is 528 g/mol. The van der Waals surface area contributed by atoms with Crippen molar-refractivity contribution in [2.75, 3.05) is 26.4 Å². The zero-order chi connectivity index (χ0) is 29.6. The number of rotatable bonds is 15. The molecule has 0 aliphatic heterocycles. The van der Waals surface area contributed by atoms with E-state index in [1.807, 2.05) is 108 Å². The first-order valence-corrected chi connectivity index (χ1v) is 14.3. The SMILES string of the molecule is CC(COCCOCC(C)NC(=O)C[n+]1ccc(-c2ccccc2)cc1)NC(=O)C[n+]1ccc(-c2ccccc2)cc1. The molecule has 0 radical (unpaired) electrons. The number of carbonyl (C=O) groups is 2. The maximum Gasteiger partial charge on any atom is 0.286 e. The number of ether oxygens (including phenoxy) is 2. The Morgan fingerprint density at radius 1 is 0.571 bits per heavy atom. The topological polar surface area (TPSA) is 84.4 Å². The van der Waals surface area contributed by atoms with E-state index in [9.17, 15) is 9.59 Å². The summed E-state index contributed by atoms with van der Waals surface area (Å²) < 4.78 is 15.0. The van der Waals surface area contributed by atoms with Crippen molar-refractivity contribution in [1.82, 2.24) is 10.6 Å². The van der Waals surface area contributed by atoms with Crippen LogP contribution in [0.3, 0.4) is 0 Å². The fourth-order valence-corrected chi connectivity index (χ4v) is 4.47. The van der Waals surface area contributed by atoms with Gasteiger partial charge in [0.25, 0.3) is 11.8 Å². The lowest BCUT2D eigenvalue weighted by molar-refractivity contribution is -0.684. The van der Waals surface area contributed by atoms with Crippen molar-refractivity contribution < 1.29 is 28.2 Å². The largest absolute Gasteiger partial charge is 0.377 e. The van der Waals surface area contributed by atoms with Gasteiger partial charge in [-0.25, -0.2) is 0 Å². The summed E-state index contributed by atoms with van der Waals surface area (Å²) in [5.74, 6) is -0.149. The van der Waals surface area contributed by atoms with E-state index in [0.717, 1.165) is 22.3 Å². The Balaban J connectivity index is 1.04. The molecule has 2 amide bonds. The number of nitrogens with zero attached hydrogens (tertiary/aromatic N) is 2. The zero-order valence-electron chi connectivity index (χ0n) is 24.3. The average molecular weight is 569 g/mol. The summed E-state index contributed by atoms with van der Waals surface area (Å²) in [7, 11) is 0. The van der Waals surface area contributed by atoms with Crippen LogP contribution in [-0.4, -0.2) is 50.3 Å². The van der Waals surface area contributed by atoms with Gasteiger partial charge in [-0.3, -0.25) is 9.59 Å². The summed E-state index contributed by atoms with van der Waals surface area (Å²) in [5, 5.41) is 5.92. The van der Waals surface area contributed by atoms with Gasteiger partial charge in [0.1, 0.15) is 0 Å². The second-order valence-electron chi connectivity index (χ2n) is 10.3. The Kier molecular flexibility index (Phi) is 11.7. The van der Waals surface area contributed by atoms with E-state index in [1.54, 1.807) is 0 Å². The monoisotopic (exact) mass is 568 g/mol. The second-order valence-corrected chi connectivity index (χ2v) is 10.3. The van der Waals surface area contributed by atoms with Gasteiger partial charge in [-0.1, -0.05) is 60.7 Å². The van der Waals surface area contributed by atoms with Crippen LogP contribution in [0.15, 0.2) is 110 Å². The van der Waals surface area contributed by atoms with Crippen LogP contribution in [0.25, 0.3) is 22.3 Å². The van der Waals surface area contributed by atoms with Gasteiger partial charge in [-0.2, -0.15) is 9.13 Å². The highest BCUT2D eigenvalue weighted by molar-refractivity contribution is 5.75. The third-order valence-electron chi connectivity index (χ3n) is 6.57. The predicted molar refractivity (Wildman–Crippen MR) is 161 cm³/mol. The Hall–Kier alpha value is -4.40. The number of carbonyl (C=O) groups excluding carboxylic acids is 2. The van der Waals surface area contributed by atoms with E-state index >= 15 is 0 Å². The highest BCUT2D eigenvalue weighted by atomic mass is 16.5. The van der Waals surface area contributed by atoms with Crippen LogP contribution in [-0.2, 0) is 32.2 Å². The van der Waals surface area contributed by atoms with Crippen molar-refractivity contribution in [1.29, 1.82) is 0 Å². The molecular formula is C34H40N4O4+2.